The molecule has 1 aromatic carbocycles. The Morgan fingerprint density at radius 1 is 1.44 bits per heavy atom. The van der Waals surface area contributed by atoms with Crippen molar-refractivity contribution < 1.29 is 4.79 Å². The van der Waals surface area contributed by atoms with Gasteiger partial charge in [-0.1, -0.05) is 11.6 Å². The van der Waals surface area contributed by atoms with E-state index >= 15 is 0 Å². The third kappa shape index (κ3) is 2.28. The molecule has 2 rings (SSSR count). The molecular formula is C11H14ClN3O. The van der Waals surface area contributed by atoms with Crippen molar-refractivity contribution in [2.45, 2.75) is 12.5 Å². The number of carbonyl (C=O) groups excluding carboxylic acids is 1. The lowest BCUT2D eigenvalue weighted by Gasteiger charge is -2.14. The number of halogens is 1. The van der Waals surface area contributed by atoms with Crippen molar-refractivity contribution in [2.24, 2.45) is 5.73 Å². The predicted molar refractivity (Wildman–Crippen MR) is 64.8 cm³/mol. The molecule has 2 amide bonds. The highest BCUT2D eigenvalue weighted by atomic mass is 35.5. The molecule has 0 radical (unpaired) electrons. The van der Waals surface area contributed by atoms with Crippen LogP contribution in [0.1, 0.15) is 6.42 Å². The predicted octanol–water partition coefficient (Wildman–Crippen LogP) is 1.59. The van der Waals surface area contributed by atoms with E-state index in [2.05, 4.69) is 5.32 Å². The van der Waals surface area contributed by atoms with Crippen molar-refractivity contribution in [3.05, 3.63) is 29.3 Å². The normalized spacial score (nSPS) is 20.0. The smallest absolute Gasteiger partial charge is 0.322 e. The highest BCUT2D eigenvalue weighted by Gasteiger charge is 2.28. The summed E-state index contributed by atoms with van der Waals surface area (Å²) in [6.45, 7) is 1.25. The monoisotopic (exact) mass is 239 g/mol. The van der Waals surface area contributed by atoms with E-state index in [1.54, 1.807) is 17.0 Å². The van der Waals surface area contributed by atoms with E-state index < -0.39 is 0 Å². The van der Waals surface area contributed by atoms with Gasteiger partial charge in [-0.3, -0.25) is 4.90 Å². The van der Waals surface area contributed by atoms with Gasteiger partial charge in [-0.2, -0.15) is 0 Å². The first-order valence-corrected chi connectivity index (χ1v) is 5.62. The molecule has 16 heavy (non-hydrogen) atoms. The summed E-state index contributed by atoms with van der Waals surface area (Å²) in [4.78, 5) is 13.4. The van der Waals surface area contributed by atoms with E-state index in [0.717, 1.165) is 12.1 Å². The van der Waals surface area contributed by atoms with Crippen LogP contribution in [0.3, 0.4) is 0 Å². The number of rotatable bonds is 3. The van der Waals surface area contributed by atoms with Crippen molar-refractivity contribution in [3.8, 4) is 0 Å². The summed E-state index contributed by atoms with van der Waals surface area (Å²) < 4.78 is 0. The van der Waals surface area contributed by atoms with Crippen LogP contribution in [0.25, 0.3) is 0 Å². The zero-order valence-corrected chi connectivity index (χ0v) is 9.57. The van der Waals surface area contributed by atoms with E-state index in [-0.39, 0.29) is 12.1 Å². The van der Waals surface area contributed by atoms with Crippen molar-refractivity contribution >= 4 is 23.3 Å². The lowest BCUT2D eigenvalue weighted by molar-refractivity contribution is 0.250. The molecule has 0 aliphatic carbocycles. The maximum absolute atomic E-state index is 11.7. The first-order valence-electron chi connectivity index (χ1n) is 5.24. The second kappa shape index (κ2) is 4.72. The summed E-state index contributed by atoms with van der Waals surface area (Å²) in [5, 5.41) is 3.56. The zero-order valence-electron chi connectivity index (χ0n) is 8.82. The Hall–Kier alpha value is -1.26. The molecule has 1 fully saturated rings. The zero-order chi connectivity index (χ0) is 11.5. The van der Waals surface area contributed by atoms with Crippen molar-refractivity contribution in [1.29, 1.82) is 0 Å². The SMILES string of the molecule is NCCC1CN(c2ccc(Cl)cc2)C(=O)N1. The van der Waals surface area contributed by atoms with Gasteiger partial charge in [0.05, 0.1) is 0 Å². The molecule has 0 spiro atoms. The highest BCUT2D eigenvalue weighted by Crippen LogP contribution is 2.21. The Kier molecular flexibility index (Phi) is 3.31. The molecule has 1 heterocycles. The molecular weight excluding hydrogens is 226 g/mol. The number of nitrogens with zero attached hydrogens (tertiary/aromatic N) is 1. The Morgan fingerprint density at radius 2 is 2.12 bits per heavy atom. The number of amides is 2. The van der Waals surface area contributed by atoms with E-state index in [9.17, 15) is 4.79 Å². The number of hydrogen-bond acceptors (Lipinski definition) is 2. The van der Waals surface area contributed by atoms with Crippen LogP contribution in [0.4, 0.5) is 10.5 Å². The standard InChI is InChI=1S/C11H14ClN3O/c12-8-1-3-10(4-2-8)15-7-9(5-6-13)14-11(15)16/h1-4,9H,5-7,13H2,(H,14,16). The van der Waals surface area contributed by atoms with Crippen LogP contribution < -0.4 is 16.0 Å². The maximum Gasteiger partial charge on any atom is 0.322 e. The van der Waals surface area contributed by atoms with Gasteiger partial charge in [0.15, 0.2) is 0 Å². The number of urea groups is 1. The molecule has 3 N–H and O–H groups in total. The lowest BCUT2D eigenvalue weighted by Crippen LogP contribution is -2.29. The molecule has 86 valence electrons. The summed E-state index contributed by atoms with van der Waals surface area (Å²) in [5.74, 6) is 0. The molecule has 1 atom stereocenters. The van der Waals surface area contributed by atoms with Gasteiger partial charge in [0.2, 0.25) is 0 Å². The fraction of sp³-hybridized carbons (Fsp3) is 0.364. The van der Waals surface area contributed by atoms with Crippen LogP contribution in [-0.2, 0) is 0 Å². The number of anilines is 1. The molecule has 1 aromatic rings. The van der Waals surface area contributed by atoms with E-state index in [1.807, 2.05) is 12.1 Å². The quantitative estimate of drug-likeness (QED) is 0.842. The molecule has 0 bridgehead atoms. The van der Waals surface area contributed by atoms with E-state index in [4.69, 9.17) is 17.3 Å². The fourth-order valence-corrected chi connectivity index (χ4v) is 1.94. The van der Waals surface area contributed by atoms with Crippen LogP contribution >= 0.6 is 11.6 Å². The number of nitrogens with one attached hydrogen (secondary N) is 1. The van der Waals surface area contributed by atoms with Crippen LogP contribution in [0.2, 0.25) is 5.02 Å². The summed E-state index contributed by atoms with van der Waals surface area (Å²) in [6, 6.07) is 7.31. The molecule has 1 aliphatic rings. The Balaban J connectivity index is 2.10. The van der Waals surface area contributed by atoms with Gasteiger partial charge in [0.1, 0.15) is 0 Å². The second-order valence-corrected chi connectivity index (χ2v) is 4.25. The number of carbonyl (C=O) groups is 1. The molecule has 0 saturated carbocycles. The van der Waals surface area contributed by atoms with Crippen molar-refractivity contribution in [1.82, 2.24) is 5.32 Å². The summed E-state index contributed by atoms with van der Waals surface area (Å²) in [5.41, 5.74) is 6.33. The average molecular weight is 240 g/mol. The van der Waals surface area contributed by atoms with Gasteiger partial charge in [0.25, 0.3) is 0 Å². The van der Waals surface area contributed by atoms with Gasteiger partial charge < -0.3 is 11.1 Å². The minimum atomic E-state index is -0.0687. The Morgan fingerprint density at radius 3 is 2.75 bits per heavy atom. The number of hydrogen-bond donors (Lipinski definition) is 2. The molecule has 1 aliphatic heterocycles. The first kappa shape index (κ1) is 11.2. The van der Waals surface area contributed by atoms with E-state index in [1.165, 1.54) is 0 Å². The van der Waals surface area contributed by atoms with E-state index in [0.29, 0.717) is 18.1 Å². The first-order chi connectivity index (χ1) is 7.70. The number of benzene rings is 1. The number of nitrogens with two attached hydrogens (primary N) is 1. The fourth-order valence-electron chi connectivity index (χ4n) is 1.81. The molecule has 1 saturated heterocycles. The van der Waals surface area contributed by atoms with Gasteiger partial charge in [0, 0.05) is 23.3 Å². The maximum atomic E-state index is 11.7. The van der Waals surface area contributed by atoms with Crippen molar-refractivity contribution in [2.75, 3.05) is 18.0 Å². The van der Waals surface area contributed by atoms with Crippen LogP contribution in [0.15, 0.2) is 24.3 Å². The minimum absolute atomic E-state index is 0.0687. The average Bonchev–Trinajstić information content (AvgIpc) is 2.61. The van der Waals surface area contributed by atoms with Gasteiger partial charge in [-0.15, -0.1) is 0 Å². The third-order valence-corrected chi connectivity index (χ3v) is 2.88. The van der Waals surface area contributed by atoms with Gasteiger partial charge in [-0.25, -0.2) is 4.79 Å². The summed E-state index contributed by atoms with van der Waals surface area (Å²) >= 11 is 5.80. The summed E-state index contributed by atoms with van der Waals surface area (Å²) in [7, 11) is 0. The van der Waals surface area contributed by atoms with Gasteiger partial charge >= 0.3 is 6.03 Å². The second-order valence-electron chi connectivity index (χ2n) is 3.81. The highest BCUT2D eigenvalue weighted by molar-refractivity contribution is 6.30. The lowest BCUT2D eigenvalue weighted by atomic mass is 10.2. The van der Waals surface area contributed by atoms with Crippen molar-refractivity contribution in [3.63, 3.8) is 0 Å². The van der Waals surface area contributed by atoms with Crippen LogP contribution in [-0.4, -0.2) is 25.2 Å². The molecule has 4 nitrogen and oxygen atoms in total. The van der Waals surface area contributed by atoms with Crippen LogP contribution in [0.5, 0.6) is 0 Å². The summed E-state index contributed by atoms with van der Waals surface area (Å²) in [6.07, 6.45) is 0.801. The minimum Gasteiger partial charge on any atom is -0.333 e. The van der Waals surface area contributed by atoms with Gasteiger partial charge in [-0.05, 0) is 37.2 Å². The Bertz CT molecular complexity index is 379. The third-order valence-electron chi connectivity index (χ3n) is 2.63. The van der Waals surface area contributed by atoms with Crippen LogP contribution in [0, 0.1) is 0 Å². The Labute approximate surface area is 99.4 Å². The topological polar surface area (TPSA) is 58.4 Å². The molecule has 0 aromatic heterocycles. The molecule has 1 unspecified atom stereocenters. The largest absolute Gasteiger partial charge is 0.333 e. The molecule has 5 heteroatoms.